The van der Waals surface area contributed by atoms with Gasteiger partial charge in [-0.05, 0) is 37.3 Å². The lowest BCUT2D eigenvalue weighted by atomic mass is 9.90. The molecule has 2 heterocycles. The lowest BCUT2D eigenvalue weighted by molar-refractivity contribution is 0.0459. The fraction of sp³-hybridized carbons (Fsp3) is 0.278. The molecular formula is C18H17FN2O2S. The van der Waals surface area contributed by atoms with Crippen molar-refractivity contribution < 1.29 is 13.9 Å². The summed E-state index contributed by atoms with van der Waals surface area (Å²) in [5.74, 6) is 0.998. The van der Waals surface area contributed by atoms with Crippen LogP contribution < -0.4 is 19.7 Å². The fourth-order valence-corrected chi connectivity index (χ4v) is 3.95. The van der Waals surface area contributed by atoms with Gasteiger partial charge in [-0.1, -0.05) is 24.3 Å². The number of halogens is 1. The molecule has 0 unspecified atom stereocenters. The molecule has 4 rings (SSSR count). The van der Waals surface area contributed by atoms with Crippen LogP contribution >= 0.6 is 12.2 Å². The number of benzene rings is 2. The zero-order valence-corrected chi connectivity index (χ0v) is 14.2. The third kappa shape index (κ3) is 2.13. The summed E-state index contributed by atoms with van der Waals surface area (Å²) in [5.41, 5.74) is 0.605. The zero-order valence-electron chi connectivity index (χ0n) is 13.4. The van der Waals surface area contributed by atoms with Gasteiger partial charge in [0.05, 0.1) is 18.8 Å². The van der Waals surface area contributed by atoms with Crippen molar-refractivity contribution in [1.29, 1.82) is 0 Å². The Hall–Kier alpha value is -2.34. The number of hydrogen-bond donors (Lipinski definition) is 1. The summed E-state index contributed by atoms with van der Waals surface area (Å²) in [6.45, 7) is 1.93. The molecule has 124 valence electrons. The highest BCUT2D eigenvalue weighted by atomic mass is 32.1. The van der Waals surface area contributed by atoms with Crippen LogP contribution in [0, 0.1) is 5.82 Å². The zero-order chi connectivity index (χ0) is 16.9. The average Bonchev–Trinajstić information content (AvgIpc) is 2.55. The number of para-hydroxylation sites is 2. The first-order chi connectivity index (χ1) is 11.5. The number of ether oxygens (including phenoxy) is 2. The van der Waals surface area contributed by atoms with Gasteiger partial charge in [-0.25, -0.2) is 4.39 Å². The number of methoxy groups -OCH3 is 1. The maximum Gasteiger partial charge on any atom is 0.188 e. The predicted octanol–water partition coefficient (Wildman–Crippen LogP) is 3.77. The summed E-state index contributed by atoms with van der Waals surface area (Å²) < 4.78 is 26.1. The minimum absolute atomic E-state index is 0.00405. The largest absolute Gasteiger partial charge is 0.493 e. The lowest BCUT2D eigenvalue weighted by Crippen LogP contribution is -2.65. The molecule has 2 bridgehead atoms. The van der Waals surface area contributed by atoms with Gasteiger partial charge in [0, 0.05) is 12.0 Å². The van der Waals surface area contributed by atoms with E-state index in [4.69, 9.17) is 21.7 Å². The van der Waals surface area contributed by atoms with Gasteiger partial charge in [-0.2, -0.15) is 0 Å². The molecule has 2 aliphatic heterocycles. The van der Waals surface area contributed by atoms with Crippen LogP contribution in [0.4, 0.5) is 10.1 Å². The van der Waals surface area contributed by atoms with Crippen LogP contribution in [0.5, 0.6) is 11.5 Å². The smallest absolute Gasteiger partial charge is 0.188 e. The van der Waals surface area contributed by atoms with E-state index in [1.165, 1.54) is 6.07 Å². The van der Waals surface area contributed by atoms with E-state index >= 15 is 0 Å². The molecule has 1 saturated heterocycles. The summed E-state index contributed by atoms with van der Waals surface area (Å²) in [7, 11) is 1.61. The molecule has 6 heteroatoms. The third-order valence-corrected chi connectivity index (χ3v) is 4.88. The number of anilines is 1. The Morgan fingerprint density at radius 1 is 1.29 bits per heavy atom. The van der Waals surface area contributed by atoms with Crippen molar-refractivity contribution in [2.45, 2.75) is 25.1 Å². The second-order valence-corrected chi connectivity index (χ2v) is 6.54. The molecule has 2 aromatic carbocycles. The quantitative estimate of drug-likeness (QED) is 0.839. The summed E-state index contributed by atoms with van der Waals surface area (Å²) in [6.07, 6.45) is 0.641. The molecule has 1 fully saturated rings. The summed E-state index contributed by atoms with van der Waals surface area (Å²) in [6, 6.07) is 12.4. The van der Waals surface area contributed by atoms with E-state index in [1.807, 2.05) is 25.1 Å². The standard InChI is InChI=1S/C18H17FN2O2S/c1-18-10-13(11-6-5-9-15(22-2)16(11)23-18)20-17(24)21(18)14-8-4-3-7-12(14)19/h3-9,13H,10H2,1-2H3,(H,20,24)/t13-,18-/m1/s1. The number of nitrogens with zero attached hydrogens (tertiary/aromatic N) is 1. The third-order valence-electron chi connectivity index (χ3n) is 4.58. The molecule has 0 radical (unpaired) electrons. The van der Waals surface area contributed by atoms with Crippen molar-refractivity contribution in [2.24, 2.45) is 0 Å². The first kappa shape index (κ1) is 15.2. The number of rotatable bonds is 2. The van der Waals surface area contributed by atoms with Crippen LogP contribution in [0.15, 0.2) is 42.5 Å². The number of thiocarbonyl (C=S) groups is 1. The minimum atomic E-state index is -0.795. The van der Waals surface area contributed by atoms with Crippen molar-refractivity contribution >= 4 is 23.0 Å². The molecule has 1 N–H and O–H groups in total. The minimum Gasteiger partial charge on any atom is -0.493 e. The highest BCUT2D eigenvalue weighted by Crippen LogP contribution is 2.49. The van der Waals surface area contributed by atoms with Gasteiger partial charge in [-0.3, -0.25) is 4.90 Å². The van der Waals surface area contributed by atoms with Crippen molar-refractivity contribution in [3.63, 3.8) is 0 Å². The summed E-state index contributed by atoms with van der Waals surface area (Å²) in [4.78, 5) is 1.71. The van der Waals surface area contributed by atoms with Gasteiger partial charge < -0.3 is 14.8 Å². The van der Waals surface area contributed by atoms with Crippen molar-refractivity contribution in [3.8, 4) is 11.5 Å². The molecule has 0 aliphatic carbocycles. The Morgan fingerprint density at radius 2 is 2.08 bits per heavy atom. The second kappa shape index (κ2) is 5.34. The monoisotopic (exact) mass is 344 g/mol. The Kier molecular flexibility index (Phi) is 3.38. The first-order valence-electron chi connectivity index (χ1n) is 7.75. The molecule has 2 aromatic rings. The van der Waals surface area contributed by atoms with Crippen LogP contribution in [0.3, 0.4) is 0 Å². The van der Waals surface area contributed by atoms with Crippen molar-refractivity contribution in [3.05, 3.63) is 53.8 Å². The topological polar surface area (TPSA) is 33.7 Å². The molecule has 24 heavy (non-hydrogen) atoms. The van der Waals surface area contributed by atoms with E-state index in [9.17, 15) is 4.39 Å². The maximum absolute atomic E-state index is 14.4. The summed E-state index contributed by atoms with van der Waals surface area (Å²) in [5, 5.41) is 3.76. The van der Waals surface area contributed by atoms with E-state index in [2.05, 4.69) is 5.32 Å². The average molecular weight is 344 g/mol. The lowest BCUT2D eigenvalue weighted by Gasteiger charge is -2.52. The Balaban J connectivity index is 1.85. The van der Waals surface area contributed by atoms with Gasteiger partial charge in [0.25, 0.3) is 0 Å². The van der Waals surface area contributed by atoms with Gasteiger partial charge in [0.2, 0.25) is 0 Å². The first-order valence-corrected chi connectivity index (χ1v) is 8.15. The van der Waals surface area contributed by atoms with Crippen molar-refractivity contribution in [1.82, 2.24) is 5.32 Å². The molecule has 2 aliphatic rings. The predicted molar refractivity (Wildman–Crippen MR) is 94.0 cm³/mol. The molecule has 2 atom stereocenters. The van der Waals surface area contributed by atoms with Crippen LogP contribution in [-0.4, -0.2) is 17.9 Å². The van der Waals surface area contributed by atoms with E-state index in [0.29, 0.717) is 28.7 Å². The van der Waals surface area contributed by atoms with Crippen LogP contribution in [-0.2, 0) is 0 Å². The van der Waals surface area contributed by atoms with Gasteiger partial charge in [0.15, 0.2) is 22.3 Å². The highest BCUT2D eigenvalue weighted by Gasteiger charge is 2.49. The molecule has 0 spiro atoms. The van der Waals surface area contributed by atoms with Crippen LogP contribution in [0.25, 0.3) is 0 Å². The molecular weight excluding hydrogens is 327 g/mol. The van der Waals surface area contributed by atoms with E-state index < -0.39 is 5.72 Å². The second-order valence-electron chi connectivity index (χ2n) is 6.15. The molecule has 4 nitrogen and oxygen atoms in total. The summed E-state index contributed by atoms with van der Waals surface area (Å²) >= 11 is 5.52. The highest BCUT2D eigenvalue weighted by molar-refractivity contribution is 7.80. The van der Waals surface area contributed by atoms with Crippen molar-refractivity contribution in [2.75, 3.05) is 12.0 Å². The van der Waals surface area contributed by atoms with Crippen LogP contribution in [0.2, 0.25) is 0 Å². The van der Waals surface area contributed by atoms with Crippen LogP contribution in [0.1, 0.15) is 24.9 Å². The Bertz CT molecular complexity index is 828. The number of hydrogen-bond acceptors (Lipinski definition) is 3. The fourth-order valence-electron chi connectivity index (χ4n) is 3.52. The van der Waals surface area contributed by atoms with E-state index in [1.54, 1.807) is 30.2 Å². The van der Waals surface area contributed by atoms with Gasteiger partial charge in [0.1, 0.15) is 5.82 Å². The Labute approximate surface area is 145 Å². The maximum atomic E-state index is 14.4. The number of nitrogens with one attached hydrogen (secondary N) is 1. The number of fused-ring (bicyclic) bond motifs is 4. The molecule has 0 amide bonds. The molecule has 0 saturated carbocycles. The Morgan fingerprint density at radius 3 is 2.83 bits per heavy atom. The van der Waals surface area contributed by atoms with Gasteiger partial charge >= 0.3 is 0 Å². The normalized spacial score (nSPS) is 24.7. The van der Waals surface area contributed by atoms with Gasteiger partial charge in [-0.15, -0.1) is 0 Å². The van der Waals surface area contributed by atoms with E-state index in [-0.39, 0.29) is 11.9 Å². The van der Waals surface area contributed by atoms with E-state index in [0.717, 1.165) is 5.56 Å². The molecule has 0 aromatic heterocycles. The SMILES string of the molecule is COc1cccc2c1O[C@]1(C)C[C@H]2NC(=S)N1c1ccccc1F.